The Bertz CT molecular complexity index is 163. The second kappa shape index (κ2) is 5.22. The summed E-state index contributed by atoms with van der Waals surface area (Å²) >= 11 is 0. The van der Waals surface area contributed by atoms with Gasteiger partial charge in [0.2, 0.25) is 0 Å². The summed E-state index contributed by atoms with van der Waals surface area (Å²) in [4.78, 5) is 2.20. The normalized spacial score (nSPS) is 15.8. The molecule has 0 unspecified atom stereocenters. The molecule has 0 spiro atoms. The Morgan fingerprint density at radius 3 is 2.82 bits per heavy atom. The highest BCUT2D eigenvalue weighted by Gasteiger charge is 1.98. The van der Waals surface area contributed by atoms with Crippen molar-refractivity contribution in [2.45, 2.75) is 6.92 Å². The van der Waals surface area contributed by atoms with Crippen LogP contribution in [-0.2, 0) is 0 Å². The molecule has 1 rings (SSSR count). The van der Waals surface area contributed by atoms with Gasteiger partial charge in [0.15, 0.2) is 0 Å². The molecular weight excluding hydrogens is 160 g/mol. The molecule has 3 heteroatoms. The third-order valence-corrected chi connectivity index (χ3v) is 1.61. The summed E-state index contributed by atoms with van der Waals surface area (Å²) in [7, 11) is 0. The summed E-state index contributed by atoms with van der Waals surface area (Å²) in [6.45, 7) is 4.81. The Balaban J connectivity index is 0.000001000. The van der Waals surface area contributed by atoms with Gasteiger partial charge < -0.3 is 10.6 Å². The van der Waals surface area contributed by atoms with Crippen LogP contribution >= 0.6 is 12.4 Å². The van der Waals surface area contributed by atoms with E-state index < -0.39 is 0 Å². The predicted molar refractivity (Wildman–Crippen MR) is 50.8 cm³/mol. The van der Waals surface area contributed by atoms with Gasteiger partial charge in [-0.2, -0.15) is 0 Å². The standard InChI is InChI=1S/C8H14N2.ClH/c1-8-2-5-10(6-3-8)7-4-9;/h2-3,5H,4,6-7,9H2,1H3;1H. The highest BCUT2D eigenvalue weighted by atomic mass is 35.5. The van der Waals surface area contributed by atoms with Crippen molar-refractivity contribution in [3.8, 4) is 0 Å². The van der Waals surface area contributed by atoms with Gasteiger partial charge in [0.1, 0.15) is 0 Å². The average molecular weight is 175 g/mol. The van der Waals surface area contributed by atoms with Gasteiger partial charge >= 0.3 is 0 Å². The van der Waals surface area contributed by atoms with Gasteiger partial charge in [-0.3, -0.25) is 0 Å². The van der Waals surface area contributed by atoms with Crippen LogP contribution in [0.25, 0.3) is 0 Å². The van der Waals surface area contributed by atoms with Crippen molar-refractivity contribution >= 4 is 12.4 Å². The summed E-state index contributed by atoms with van der Waals surface area (Å²) in [6, 6.07) is 0. The number of hydrogen-bond acceptors (Lipinski definition) is 2. The van der Waals surface area contributed by atoms with Gasteiger partial charge in [-0.25, -0.2) is 0 Å². The second-order valence-corrected chi connectivity index (χ2v) is 2.55. The first-order valence-electron chi connectivity index (χ1n) is 3.62. The topological polar surface area (TPSA) is 29.3 Å². The summed E-state index contributed by atoms with van der Waals surface area (Å²) < 4.78 is 0. The molecule has 1 heterocycles. The van der Waals surface area contributed by atoms with Crippen molar-refractivity contribution in [3.05, 3.63) is 23.9 Å². The van der Waals surface area contributed by atoms with Gasteiger partial charge in [0.05, 0.1) is 0 Å². The van der Waals surface area contributed by atoms with Crippen molar-refractivity contribution in [1.82, 2.24) is 4.90 Å². The number of rotatable bonds is 2. The first-order valence-corrected chi connectivity index (χ1v) is 3.62. The Morgan fingerprint density at radius 2 is 2.36 bits per heavy atom. The maximum absolute atomic E-state index is 5.40. The Kier molecular flexibility index (Phi) is 4.99. The maximum Gasteiger partial charge on any atom is 0.0360 e. The quantitative estimate of drug-likeness (QED) is 0.681. The lowest BCUT2D eigenvalue weighted by Crippen LogP contribution is -2.26. The zero-order chi connectivity index (χ0) is 7.40. The number of hydrogen-bond donors (Lipinski definition) is 1. The first-order chi connectivity index (χ1) is 4.83. The monoisotopic (exact) mass is 174 g/mol. The molecule has 0 bridgehead atoms. The van der Waals surface area contributed by atoms with E-state index in [4.69, 9.17) is 5.73 Å². The largest absolute Gasteiger partial charge is 0.372 e. The minimum atomic E-state index is 0. The molecule has 0 aliphatic carbocycles. The number of nitrogens with zero attached hydrogens (tertiary/aromatic N) is 1. The lowest BCUT2D eigenvalue weighted by molar-refractivity contribution is 0.420. The molecule has 0 radical (unpaired) electrons. The third kappa shape index (κ3) is 3.44. The molecule has 0 saturated heterocycles. The van der Waals surface area contributed by atoms with Crippen LogP contribution in [0, 0.1) is 0 Å². The van der Waals surface area contributed by atoms with Crippen LogP contribution in [0.15, 0.2) is 23.9 Å². The van der Waals surface area contributed by atoms with E-state index in [1.165, 1.54) is 5.57 Å². The molecule has 0 amide bonds. The first kappa shape index (κ1) is 10.5. The molecule has 1 aliphatic heterocycles. The highest BCUT2D eigenvalue weighted by molar-refractivity contribution is 5.85. The molecule has 1 aliphatic rings. The van der Waals surface area contributed by atoms with Crippen LogP contribution in [0.1, 0.15) is 6.92 Å². The molecule has 0 aromatic carbocycles. The Labute approximate surface area is 74.2 Å². The van der Waals surface area contributed by atoms with Crippen LogP contribution in [0.4, 0.5) is 0 Å². The van der Waals surface area contributed by atoms with Crippen molar-refractivity contribution in [1.29, 1.82) is 0 Å². The zero-order valence-electron chi connectivity index (χ0n) is 6.79. The lowest BCUT2D eigenvalue weighted by Gasteiger charge is -2.20. The third-order valence-electron chi connectivity index (χ3n) is 1.61. The molecule has 0 aromatic heterocycles. The van der Waals surface area contributed by atoms with E-state index in [9.17, 15) is 0 Å². The molecule has 11 heavy (non-hydrogen) atoms. The fraction of sp³-hybridized carbons (Fsp3) is 0.500. The minimum Gasteiger partial charge on any atom is -0.372 e. The maximum atomic E-state index is 5.40. The summed E-state index contributed by atoms with van der Waals surface area (Å²) in [5.74, 6) is 0. The zero-order valence-corrected chi connectivity index (χ0v) is 7.60. The van der Waals surface area contributed by atoms with E-state index in [0.29, 0.717) is 0 Å². The van der Waals surface area contributed by atoms with Gasteiger partial charge in [-0.15, -0.1) is 12.4 Å². The molecule has 0 fully saturated rings. The number of halogens is 1. The van der Waals surface area contributed by atoms with E-state index in [1.54, 1.807) is 0 Å². The molecule has 0 saturated carbocycles. The smallest absolute Gasteiger partial charge is 0.0360 e. The van der Waals surface area contributed by atoms with Crippen molar-refractivity contribution < 1.29 is 0 Å². The predicted octanol–water partition coefficient (Wildman–Crippen LogP) is 1.14. The molecular formula is C8H15ClN2. The summed E-state index contributed by atoms with van der Waals surface area (Å²) in [6.07, 6.45) is 6.41. The van der Waals surface area contributed by atoms with Crippen LogP contribution in [-0.4, -0.2) is 24.5 Å². The van der Waals surface area contributed by atoms with Crippen LogP contribution in [0.2, 0.25) is 0 Å². The lowest BCUT2D eigenvalue weighted by atomic mass is 10.2. The van der Waals surface area contributed by atoms with Crippen molar-refractivity contribution in [2.75, 3.05) is 19.6 Å². The van der Waals surface area contributed by atoms with Crippen LogP contribution in [0.5, 0.6) is 0 Å². The average Bonchev–Trinajstić information content (AvgIpc) is 1.95. The van der Waals surface area contributed by atoms with Crippen LogP contribution < -0.4 is 5.73 Å². The summed E-state index contributed by atoms with van der Waals surface area (Å²) in [5.41, 5.74) is 6.74. The molecule has 2 N–H and O–H groups in total. The highest BCUT2D eigenvalue weighted by Crippen LogP contribution is 2.04. The van der Waals surface area contributed by atoms with Gasteiger partial charge in [0, 0.05) is 19.6 Å². The fourth-order valence-electron chi connectivity index (χ4n) is 0.945. The van der Waals surface area contributed by atoms with Gasteiger partial charge in [-0.1, -0.05) is 11.6 Å². The number of nitrogens with two attached hydrogens (primary N) is 1. The molecule has 64 valence electrons. The molecule has 0 atom stereocenters. The second-order valence-electron chi connectivity index (χ2n) is 2.55. The SMILES string of the molecule is CC1=CCN(CCN)C=C1.Cl. The minimum absolute atomic E-state index is 0. The van der Waals surface area contributed by atoms with E-state index in [2.05, 4.69) is 30.2 Å². The number of allylic oxidation sites excluding steroid dienone is 2. The van der Waals surface area contributed by atoms with Crippen LogP contribution in [0.3, 0.4) is 0 Å². The Hall–Kier alpha value is -0.470. The molecule has 2 nitrogen and oxygen atoms in total. The molecule has 0 aromatic rings. The van der Waals surface area contributed by atoms with Gasteiger partial charge in [-0.05, 0) is 19.2 Å². The van der Waals surface area contributed by atoms with Crippen molar-refractivity contribution in [3.63, 3.8) is 0 Å². The van der Waals surface area contributed by atoms with Gasteiger partial charge in [0.25, 0.3) is 0 Å². The van der Waals surface area contributed by atoms with E-state index in [-0.39, 0.29) is 12.4 Å². The van der Waals surface area contributed by atoms with E-state index >= 15 is 0 Å². The summed E-state index contributed by atoms with van der Waals surface area (Å²) in [5, 5.41) is 0. The Morgan fingerprint density at radius 1 is 1.64 bits per heavy atom. The van der Waals surface area contributed by atoms with E-state index in [1.807, 2.05) is 0 Å². The van der Waals surface area contributed by atoms with Crippen molar-refractivity contribution in [2.24, 2.45) is 5.73 Å². The fourth-order valence-corrected chi connectivity index (χ4v) is 0.945. The van der Waals surface area contributed by atoms with E-state index in [0.717, 1.165) is 19.6 Å².